The molecule has 0 aliphatic carbocycles. The quantitative estimate of drug-likeness (QED) is 0.905. The highest BCUT2D eigenvalue weighted by atomic mass is 19.4. The minimum Gasteiger partial charge on any atom is -0.370 e. The van der Waals surface area contributed by atoms with Gasteiger partial charge in [0.1, 0.15) is 5.78 Å². The zero-order valence-electron chi connectivity index (χ0n) is 13.0. The van der Waals surface area contributed by atoms with Crippen LogP contribution in [0.25, 0.3) is 0 Å². The zero-order valence-corrected chi connectivity index (χ0v) is 13.0. The molecule has 126 valence electrons. The van der Waals surface area contributed by atoms with Crippen molar-refractivity contribution in [2.75, 3.05) is 31.1 Å². The third-order valence-corrected chi connectivity index (χ3v) is 4.80. The Morgan fingerprint density at radius 2 is 1.74 bits per heavy atom. The van der Waals surface area contributed by atoms with Crippen LogP contribution < -0.4 is 10.2 Å². The Morgan fingerprint density at radius 1 is 1.09 bits per heavy atom. The van der Waals surface area contributed by atoms with Crippen LogP contribution in [0, 0.1) is 0 Å². The fourth-order valence-corrected chi connectivity index (χ4v) is 3.47. The first-order valence-corrected chi connectivity index (χ1v) is 8.13. The molecule has 0 radical (unpaired) electrons. The van der Waals surface area contributed by atoms with Gasteiger partial charge in [0.25, 0.3) is 0 Å². The number of halogens is 3. The monoisotopic (exact) mass is 326 g/mol. The summed E-state index contributed by atoms with van der Waals surface area (Å²) in [6.45, 7) is 2.81. The van der Waals surface area contributed by atoms with E-state index < -0.39 is 11.7 Å². The molecule has 0 atom stereocenters. The van der Waals surface area contributed by atoms with Crippen LogP contribution in [0.15, 0.2) is 18.2 Å². The molecule has 1 aromatic rings. The van der Waals surface area contributed by atoms with Crippen LogP contribution in [0.4, 0.5) is 18.9 Å². The van der Waals surface area contributed by atoms with E-state index in [1.54, 1.807) is 6.07 Å². The van der Waals surface area contributed by atoms with Gasteiger partial charge in [0.2, 0.25) is 0 Å². The standard InChI is InChI=1S/C17H21F3N2O/c18-17(19,20)13-1-2-15(12-3-7-21-8-4-12)16(11-13)22-9-5-14(23)6-10-22/h1-2,11-12,21H,3-10H2. The molecule has 2 aliphatic heterocycles. The van der Waals surface area contributed by atoms with Gasteiger partial charge in [0.15, 0.2) is 0 Å². The maximum atomic E-state index is 13.1. The van der Waals surface area contributed by atoms with Crippen molar-refractivity contribution >= 4 is 11.5 Å². The maximum absolute atomic E-state index is 13.1. The van der Waals surface area contributed by atoms with E-state index in [0.717, 1.165) is 31.5 Å². The normalized spacial score (nSPS) is 20.8. The number of benzene rings is 1. The molecule has 2 fully saturated rings. The average Bonchev–Trinajstić information content (AvgIpc) is 2.55. The Hall–Kier alpha value is -1.56. The van der Waals surface area contributed by atoms with Crippen LogP contribution in [0.1, 0.15) is 42.7 Å². The van der Waals surface area contributed by atoms with Crippen molar-refractivity contribution in [1.29, 1.82) is 0 Å². The van der Waals surface area contributed by atoms with Crippen LogP contribution in [-0.2, 0) is 11.0 Å². The smallest absolute Gasteiger partial charge is 0.370 e. The summed E-state index contributed by atoms with van der Waals surface area (Å²) in [5.41, 5.74) is 1.05. The molecule has 3 rings (SSSR count). The molecule has 2 heterocycles. The summed E-state index contributed by atoms with van der Waals surface area (Å²) < 4.78 is 39.3. The number of piperidine rings is 2. The van der Waals surface area contributed by atoms with Crippen molar-refractivity contribution in [3.05, 3.63) is 29.3 Å². The Balaban J connectivity index is 1.95. The summed E-state index contributed by atoms with van der Waals surface area (Å²) in [4.78, 5) is 13.4. The van der Waals surface area contributed by atoms with E-state index in [2.05, 4.69) is 5.32 Å². The van der Waals surface area contributed by atoms with Gasteiger partial charge in [-0.2, -0.15) is 13.2 Å². The molecule has 3 nitrogen and oxygen atoms in total. The highest BCUT2D eigenvalue weighted by Crippen LogP contribution is 2.39. The number of carbonyl (C=O) groups is 1. The number of Topliss-reactive ketones (excluding diaryl/α,β-unsaturated/α-hetero) is 1. The second-order valence-electron chi connectivity index (χ2n) is 6.32. The van der Waals surface area contributed by atoms with E-state index in [0.29, 0.717) is 31.6 Å². The molecule has 1 N–H and O–H groups in total. The van der Waals surface area contributed by atoms with Gasteiger partial charge in [0, 0.05) is 31.6 Å². The first kappa shape index (κ1) is 16.3. The number of alkyl halides is 3. The minimum absolute atomic E-state index is 0.191. The highest BCUT2D eigenvalue weighted by Gasteiger charge is 2.33. The van der Waals surface area contributed by atoms with Gasteiger partial charge in [-0.25, -0.2) is 0 Å². The highest BCUT2D eigenvalue weighted by molar-refractivity contribution is 5.81. The van der Waals surface area contributed by atoms with Crippen LogP contribution >= 0.6 is 0 Å². The lowest BCUT2D eigenvalue weighted by Crippen LogP contribution is -2.35. The molecule has 0 spiro atoms. The summed E-state index contributed by atoms with van der Waals surface area (Å²) in [6.07, 6.45) is -1.63. The van der Waals surface area contributed by atoms with Crippen molar-refractivity contribution < 1.29 is 18.0 Å². The van der Waals surface area contributed by atoms with E-state index >= 15 is 0 Å². The van der Waals surface area contributed by atoms with Gasteiger partial charge in [-0.05, 0) is 49.5 Å². The number of anilines is 1. The molecule has 0 amide bonds. The Morgan fingerprint density at radius 3 is 2.35 bits per heavy atom. The summed E-state index contributed by atoms with van der Waals surface area (Å²) in [5, 5.41) is 3.29. The largest absolute Gasteiger partial charge is 0.416 e. The molecule has 2 aliphatic rings. The van der Waals surface area contributed by atoms with Crippen LogP contribution in [0.2, 0.25) is 0 Å². The maximum Gasteiger partial charge on any atom is 0.416 e. The van der Waals surface area contributed by atoms with Gasteiger partial charge in [-0.3, -0.25) is 4.79 Å². The van der Waals surface area contributed by atoms with Crippen molar-refractivity contribution in [3.8, 4) is 0 Å². The Labute approximate surface area is 133 Å². The number of hydrogen-bond donors (Lipinski definition) is 1. The van der Waals surface area contributed by atoms with Gasteiger partial charge < -0.3 is 10.2 Å². The topological polar surface area (TPSA) is 32.3 Å². The molecule has 0 saturated carbocycles. The second kappa shape index (κ2) is 6.51. The van der Waals surface area contributed by atoms with Crippen LogP contribution in [-0.4, -0.2) is 32.0 Å². The molecule has 0 aromatic heterocycles. The number of nitrogens with zero attached hydrogens (tertiary/aromatic N) is 1. The summed E-state index contributed by atoms with van der Waals surface area (Å²) >= 11 is 0. The molecule has 0 bridgehead atoms. The van der Waals surface area contributed by atoms with Crippen LogP contribution in [0.3, 0.4) is 0 Å². The van der Waals surface area contributed by atoms with Gasteiger partial charge in [-0.15, -0.1) is 0 Å². The number of carbonyl (C=O) groups excluding carboxylic acids is 1. The fraction of sp³-hybridized carbons (Fsp3) is 0.588. The minimum atomic E-state index is -4.34. The SMILES string of the molecule is O=C1CCN(c2cc(C(F)(F)F)ccc2C2CCNCC2)CC1. The lowest BCUT2D eigenvalue weighted by Gasteiger charge is -2.34. The molecular weight excluding hydrogens is 305 g/mol. The number of ketones is 1. The predicted molar refractivity (Wildman–Crippen MR) is 82.7 cm³/mol. The Bertz CT molecular complexity index is 570. The molecule has 0 unspecified atom stereocenters. The number of rotatable bonds is 2. The first-order valence-electron chi connectivity index (χ1n) is 8.13. The third kappa shape index (κ3) is 3.68. The van der Waals surface area contributed by atoms with Crippen LogP contribution in [0.5, 0.6) is 0 Å². The van der Waals surface area contributed by atoms with E-state index in [1.807, 2.05) is 4.90 Å². The third-order valence-electron chi connectivity index (χ3n) is 4.80. The fourth-order valence-electron chi connectivity index (χ4n) is 3.47. The van der Waals surface area contributed by atoms with Crippen molar-refractivity contribution in [3.63, 3.8) is 0 Å². The average molecular weight is 326 g/mol. The molecular formula is C17H21F3N2O. The van der Waals surface area contributed by atoms with E-state index in [4.69, 9.17) is 0 Å². The lowest BCUT2D eigenvalue weighted by molar-refractivity contribution is -0.137. The van der Waals surface area contributed by atoms with E-state index in [1.165, 1.54) is 12.1 Å². The van der Waals surface area contributed by atoms with E-state index in [-0.39, 0.29) is 11.7 Å². The van der Waals surface area contributed by atoms with Gasteiger partial charge in [0.05, 0.1) is 5.56 Å². The molecule has 23 heavy (non-hydrogen) atoms. The first-order chi connectivity index (χ1) is 10.9. The van der Waals surface area contributed by atoms with Crippen molar-refractivity contribution in [2.45, 2.75) is 37.8 Å². The molecule has 1 aromatic carbocycles. The lowest BCUT2D eigenvalue weighted by atomic mass is 9.87. The molecule has 2 saturated heterocycles. The Kier molecular flexibility index (Phi) is 4.62. The number of hydrogen-bond acceptors (Lipinski definition) is 3. The number of nitrogens with one attached hydrogen (secondary N) is 1. The molecule has 6 heteroatoms. The van der Waals surface area contributed by atoms with Crippen molar-refractivity contribution in [1.82, 2.24) is 5.32 Å². The van der Waals surface area contributed by atoms with E-state index in [9.17, 15) is 18.0 Å². The second-order valence-corrected chi connectivity index (χ2v) is 6.32. The zero-order chi connectivity index (χ0) is 16.4. The summed E-state index contributed by atoms with van der Waals surface area (Å²) in [6, 6.07) is 4.10. The summed E-state index contributed by atoms with van der Waals surface area (Å²) in [7, 11) is 0. The van der Waals surface area contributed by atoms with Gasteiger partial charge >= 0.3 is 6.18 Å². The predicted octanol–water partition coefficient (Wildman–Crippen LogP) is 3.34. The van der Waals surface area contributed by atoms with Crippen molar-refractivity contribution in [2.24, 2.45) is 0 Å². The van der Waals surface area contributed by atoms with Gasteiger partial charge in [-0.1, -0.05) is 6.07 Å². The summed E-state index contributed by atoms with van der Waals surface area (Å²) in [5.74, 6) is 0.475.